The standard InChI is InChI=1S/C17H28N2O4/c1-3-6-13(7-4-2)12-23-16-9-5-8-14(19-16)15(20)10-11-18-17(21)22/h5,8-9,13,15,18,20H,3-4,6-7,10-12H2,1-2H3,(H,21,22). The summed E-state index contributed by atoms with van der Waals surface area (Å²) < 4.78 is 5.77. The molecule has 1 atom stereocenters. The van der Waals surface area contributed by atoms with Gasteiger partial charge in [-0.25, -0.2) is 9.78 Å². The maximum Gasteiger partial charge on any atom is 0.404 e. The highest BCUT2D eigenvalue weighted by Gasteiger charge is 2.12. The van der Waals surface area contributed by atoms with Crippen molar-refractivity contribution in [2.45, 2.75) is 52.1 Å². The van der Waals surface area contributed by atoms with E-state index >= 15 is 0 Å². The van der Waals surface area contributed by atoms with Gasteiger partial charge in [-0.05, 0) is 31.2 Å². The smallest absolute Gasteiger partial charge is 0.404 e. The van der Waals surface area contributed by atoms with Gasteiger partial charge >= 0.3 is 6.09 Å². The number of carboxylic acid groups (broad SMARTS) is 1. The Bertz CT molecular complexity index is 462. The van der Waals surface area contributed by atoms with Crippen molar-refractivity contribution >= 4 is 6.09 Å². The molecule has 6 heteroatoms. The van der Waals surface area contributed by atoms with Crippen molar-refractivity contribution in [1.29, 1.82) is 0 Å². The number of pyridine rings is 1. The molecule has 1 aromatic rings. The molecule has 130 valence electrons. The van der Waals surface area contributed by atoms with Crippen LogP contribution in [0.15, 0.2) is 18.2 Å². The van der Waals surface area contributed by atoms with E-state index in [1.807, 2.05) is 0 Å². The molecule has 0 aromatic carbocycles. The predicted octanol–water partition coefficient (Wildman–Crippen LogP) is 3.37. The van der Waals surface area contributed by atoms with Crippen molar-refractivity contribution in [3.05, 3.63) is 23.9 Å². The van der Waals surface area contributed by atoms with Gasteiger partial charge in [-0.1, -0.05) is 32.8 Å². The molecule has 0 aliphatic carbocycles. The Morgan fingerprint density at radius 3 is 2.57 bits per heavy atom. The van der Waals surface area contributed by atoms with Gasteiger partial charge in [0.15, 0.2) is 0 Å². The lowest BCUT2D eigenvalue weighted by Gasteiger charge is -2.16. The lowest BCUT2D eigenvalue weighted by molar-refractivity contribution is 0.156. The van der Waals surface area contributed by atoms with Gasteiger partial charge in [0.05, 0.1) is 18.4 Å². The average molecular weight is 324 g/mol. The predicted molar refractivity (Wildman–Crippen MR) is 88.6 cm³/mol. The van der Waals surface area contributed by atoms with Gasteiger partial charge in [0.2, 0.25) is 5.88 Å². The van der Waals surface area contributed by atoms with Crippen molar-refractivity contribution < 1.29 is 19.7 Å². The van der Waals surface area contributed by atoms with E-state index in [2.05, 4.69) is 24.1 Å². The molecule has 1 rings (SSSR count). The minimum atomic E-state index is -1.10. The fourth-order valence-electron chi connectivity index (χ4n) is 2.49. The van der Waals surface area contributed by atoms with Crippen LogP contribution in [0.5, 0.6) is 5.88 Å². The van der Waals surface area contributed by atoms with E-state index in [1.54, 1.807) is 18.2 Å². The Balaban J connectivity index is 2.53. The summed E-state index contributed by atoms with van der Waals surface area (Å²) in [5.74, 6) is 1.03. The molecular formula is C17H28N2O4. The first-order valence-corrected chi connectivity index (χ1v) is 8.31. The number of nitrogens with one attached hydrogen (secondary N) is 1. The lowest BCUT2D eigenvalue weighted by atomic mass is 9.99. The summed E-state index contributed by atoms with van der Waals surface area (Å²) in [6.07, 6.45) is 2.91. The molecule has 1 unspecified atom stereocenters. The number of aliphatic hydroxyl groups excluding tert-OH is 1. The number of ether oxygens (including phenoxy) is 1. The summed E-state index contributed by atoms with van der Waals surface area (Å²) in [6, 6.07) is 5.29. The second-order valence-corrected chi connectivity index (χ2v) is 5.69. The Morgan fingerprint density at radius 1 is 1.26 bits per heavy atom. The zero-order valence-electron chi connectivity index (χ0n) is 14.0. The first-order chi connectivity index (χ1) is 11.1. The van der Waals surface area contributed by atoms with Crippen LogP contribution in [0.3, 0.4) is 0 Å². The number of carbonyl (C=O) groups is 1. The van der Waals surface area contributed by atoms with Crippen molar-refractivity contribution in [3.8, 4) is 5.88 Å². The van der Waals surface area contributed by atoms with Crippen LogP contribution >= 0.6 is 0 Å². The third kappa shape index (κ3) is 7.83. The van der Waals surface area contributed by atoms with Crippen LogP contribution in [0.1, 0.15) is 57.7 Å². The van der Waals surface area contributed by atoms with Crippen molar-refractivity contribution in [2.75, 3.05) is 13.2 Å². The topological polar surface area (TPSA) is 91.7 Å². The molecule has 0 saturated heterocycles. The molecule has 0 bridgehead atoms. The van der Waals surface area contributed by atoms with Crippen LogP contribution in [0.25, 0.3) is 0 Å². The SMILES string of the molecule is CCCC(CCC)COc1cccc(C(O)CCNC(=O)O)n1. The molecule has 6 nitrogen and oxygen atoms in total. The number of hydrogen-bond donors (Lipinski definition) is 3. The van der Waals surface area contributed by atoms with Gasteiger partial charge in [-0.2, -0.15) is 0 Å². The second-order valence-electron chi connectivity index (χ2n) is 5.69. The summed E-state index contributed by atoms with van der Waals surface area (Å²) >= 11 is 0. The fraction of sp³-hybridized carbons (Fsp3) is 0.647. The molecule has 0 spiro atoms. The lowest BCUT2D eigenvalue weighted by Crippen LogP contribution is -2.23. The van der Waals surface area contributed by atoms with E-state index < -0.39 is 12.2 Å². The monoisotopic (exact) mass is 324 g/mol. The zero-order valence-corrected chi connectivity index (χ0v) is 14.0. The minimum Gasteiger partial charge on any atom is -0.477 e. The molecule has 23 heavy (non-hydrogen) atoms. The van der Waals surface area contributed by atoms with Gasteiger partial charge in [0.25, 0.3) is 0 Å². The number of aromatic nitrogens is 1. The summed E-state index contributed by atoms with van der Waals surface area (Å²) in [5.41, 5.74) is 0.497. The van der Waals surface area contributed by atoms with Crippen molar-refractivity contribution in [1.82, 2.24) is 10.3 Å². The van der Waals surface area contributed by atoms with Crippen LogP contribution in [0.2, 0.25) is 0 Å². The molecule has 1 aromatic heterocycles. The maximum absolute atomic E-state index is 10.4. The minimum absolute atomic E-state index is 0.179. The van der Waals surface area contributed by atoms with Crippen molar-refractivity contribution in [2.24, 2.45) is 5.92 Å². The van der Waals surface area contributed by atoms with E-state index in [0.717, 1.165) is 25.7 Å². The molecule has 0 aliphatic heterocycles. The van der Waals surface area contributed by atoms with E-state index in [1.165, 1.54) is 0 Å². The molecule has 0 aliphatic rings. The molecule has 1 heterocycles. The molecule has 1 amide bonds. The highest BCUT2D eigenvalue weighted by molar-refractivity contribution is 5.64. The molecule has 0 fully saturated rings. The molecule has 0 radical (unpaired) electrons. The summed E-state index contributed by atoms with van der Waals surface area (Å²) in [6.45, 7) is 5.15. The quantitative estimate of drug-likeness (QED) is 0.580. The summed E-state index contributed by atoms with van der Waals surface area (Å²) in [7, 11) is 0. The Kier molecular flexibility index (Phi) is 9.05. The number of rotatable bonds is 11. The zero-order chi connectivity index (χ0) is 17.1. The summed E-state index contributed by atoms with van der Waals surface area (Å²) in [4.78, 5) is 14.7. The largest absolute Gasteiger partial charge is 0.477 e. The van der Waals surface area contributed by atoms with Crippen molar-refractivity contribution in [3.63, 3.8) is 0 Å². The van der Waals surface area contributed by atoms with Gasteiger partial charge in [-0.3, -0.25) is 0 Å². The Hall–Kier alpha value is -1.82. The number of amides is 1. The highest BCUT2D eigenvalue weighted by atomic mass is 16.5. The maximum atomic E-state index is 10.4. The number of hydrogen-bond acceptors (Lipinski definition) is 4. The van der Waals surface area contributed by atoms with E-state index in [-0.39, 0.29) is 13.0 Å². The Labute approximate surface area is 137 Å². The Morgan fingerprint density at radius 2 is 1.96 bits per heavy atom. The average Bonchev–Trinajstić information content (AvgIpc) is 2.53. The van der Waals surface area contributed by atoms with Crippen LogP contribution in [-0.4, -0.2) is 34.4 Å². The normalized spacial score (nSPS) is 12.2. The third-order valence-corrected chi connectivity index (χ3v) is 3.64. The van der Waals surface area contributed by atoms with Gasteiger partial charge in [0, 0.05) is 12.6 Å². The van der Waals surface area contributed by atoms with Gasteiger partial charge in [0.1, 0.15) is 0 Å². The van der Waals surface area contributed by atoms with Crippen LogP contribution in [0, 0.1) is 5.92 Å². The molecule has 0 saturated carbocycles. The van der Waals surface area contributed by atoms with E-state index in [4.69, 9.17) is 9.84 Å². The number of nitrogens with zero attached hydrogens (tertiary/aromatic N) is 1. The van der Waals surface area contributed by atoms with Gasteiger partial charge in [-0.15, -0.1) is 0 Å². The first-order valence-electron chi connectivity index (χ1n) is 8.31. The second kappa shape index (κ2) is 10.8. The van der Waals surface area contributed by atoms with Crippen LogP contribution < -0.4 is 10.1 Å². The van der Waals surface area contributed by atoms with Gasteiger partial charge < -0.3 is 20.3 Å². The van der Waals surface area contributed by atoms with E-state index in [0.29, 0.717) is 24.1 Å². The molecular weight excluding hydrogens is 296 g/mol. The highest BCUT2D eigenvalue weighted by Crippen LogP contribution is 2.19. The molecule has 3 N–H and O–H groups in total. The van der Waals surface area contributed by atoms with E-state index in [9.17, 15) is 9.90 Å². The summed E-state index contributed by atoms with van der Waals surface area (Å²) in [5, 5.41) is 20.8. The van der Waals surface area contributed by atoms with Crippen LogP contribution in [-0.2, 0) is 0 Å². The number of aliphatic hydroxyl groups is 1. The first kappa shape index (κ1) is 19.2. The van der Waals surface area contributed by atoms with Crippen LogP contribution in [0.4, 0.5) is 4.79 Å². The third-order valence-electron chi connectivity index (χ3n) is 3.64. The fourth-order valence-corrected chi connectivity index (χ4v) is 2.49.